The minimum absolute atomic E-state index is 0.416. The van der Waals surface area contributed by atoms with Gasteiger partial charge in [-0.05, 0) is 37.1 Å². The molecule has 5 rings (SSSR count). The van der Waals surface area contributed by atoms with Gasteiger partial charge in [0.2, 0.25) is 0 Å². The van der Waals surface area contributed by atoms with Crippen molar-refractivity contribution in [2.24, 2.45) is 0 Å². The van der Waals surface area contributed by atoms with Gasteiger partial charge in [-0.15, -0.1) is 0 Å². The average molecular weight is 420 g/mol. The number of hydrogen-bond donors (Lipinski definition) is 3. The highest BCUT2D eigenvalue weighted by molar-refractivity contribution is 7.22. The van der Waals surface area contributed by atoms with Crippen molar-refractivity contribution >= 4 is 70.7 Å². The molecule has 7 nitrogen and oxygen atoms in total. The van der Waals surface area contributed by atoms with Crippen LogP contribution >= 0.6 is 22.7 Å². The first kappa shape index (κ1) is 17.8. The highest BCUT2D eigenvalue weighted by Gasteiger charge is 2.14. The summed E-state index contributed by atoms with van der Waals surface area (Å²) in [6.07, 6.45) is 1.47. The van der Waals surface area contributed by atoms with E-state index >= 15 is 0 Å². The molecular weight excluding hydrogens is 402 g/mol. The van der Waals surface area contributed by atoms with Crippen molar-refractivity contribution in [1.82, 2.24) is 19.9 Å². The third kappa shape index (κ3) is 3.24. The normalized spacial score (nSPS) is 11.2. The van der Waals surface area contributed by atoms with Crippen LogP contribution in [0, 0.1) is 13.8 Å². The van der Waals surface area contributed by atoms with Crippen LogP contribution in [0.4, 0.5) is 27.6 Å². The van der Waals surface area contributed by atoms with Crippen molar-refractivity contribution in [3.05, 3.63) is 53.9 Å². The van der Waals surface area contributed by atoms with Gasteiger partial charge in [-0.25, -0.2) is 19.9 Å². The van der Waals surface area contributed by atoms with Crippen molar-refractivity contribution in [3.8, 4) is 0 Å². The number of aryl methyl sites for hydroxylation is 2. The molecule has 0 bridgehead atoms. The Balaban J connectivity index is 1.45. The number of fused-ring (bicyclic) bond motifs is 2. The van der Waals surface area contributed by atoms with Crippen LogP contribution in [-0.4, -0.2) is 19.9 Å². The molecule has 0 fully saturated rings. The molecular formula is C20H17N7S2. The molecule has 0 spiro atoms. The van der Waals surface area contributed by atoms with Crippen LogP contribution < -0.4 is 16.4 Å². The van der Waals surface area contributed by atoms with Crippen LogP contribution in [0.3, 0.4) is 0 Å². The predicted octanol–water partition coefficient (Wildman–Crippen LogP) is 5.38. The zero-order valence-electron chi connectivity index (χ0n) is 15.7. The standard InChI is InChI=1S/C20H17N7S2/c1-10-5-3-7-12-15(10)24-19(28-12)26-17-14(21)18(23-9-22-17)27-20-25-16-11(2)6-4-8-13(16)29-20/h3-9H,21H2,1-2H3,(H2,22,23,24,25,26,27). The minimum Gasteiger partial charge on any atom is -0.393 e. The van der Waals surface area contributed by atoms with E-state index in [0.717, 1.165) is 41.8 Å². The van der Waals surface area contributed by atoms with Gasteiger partial charge in [-0.2, -0.15) is 0 Å². The third-order valence-corrected chi connectivity index (χ3v) is 6.45. The fourth-order valence-corrected chi connectivity index (χ4v) is 4.96. The van der Waals surface area contributed by atoms with E-state index in [-0.39, 0.29) is 0 Å². The lowest BCUT2D eigenvalue weighted by atomic mass is 10.2. The highest BCUT2D eigenvalue weighted by atomic mass is 32.1. The monoisotopic (exact) mass is 419 g/mol. The second-order valence-electron chi connectivity index (χ2n) is 6.62. The van der Waals surface area contributed by atoms with Crippen molar-refractivity contribution < 1.29 is 0 Å². The zero-order valence-corrected chi connectivity index (χ0v) is 17.4. The Labute approximate surface area is 174 Å². The molecule has 0 atom stereocenters. The number of nitrogens with one attached hydrogen (secondary N) is 2. The van der Waals surface area contributed by atoms with E-state index in [0.29, 0.717) is 17.3 Å². The Bertz CT molecular complexity index is 1260. The zero-order chi connectivity index (χ0) is 20.0. The van der Waals surface area contributed by atoms with Crippen molar-refractivity contribution in [1.29, 1.82) is 0 Å². The molecule has 0 saturated heterocycles. The molecule has 5 aromatic rings. The van der Waals surface area contributed by atoms with Crippen LogP contribution in [0.5, 0.6) is 0 Å². The molecule has 3 heterocycles. The molecule has 0 unspecified atom stereocenters. The average Bonchev–Trinajstić information content (AvgIpc) is 3.30. The van der Waals surface area contributed by atoms with Crippen LogP contribution in [0.2, 0.25) is 0 Å². The lowest BCUT2D eigenvalue weighted by Crippen LogP contribution is -2.05. The fourth-order valence-electron chi connectivity index (χ4n) is 3.08. The van der Waals surface area contributed by atoms with Crippen LogP contribution in [0.15, 0.2) is 42.7 Å². The van der Waals surface area contributed by atoms with Gasteiger partial charge in [0.25, 0.3) is 0 Å². The summed E-state index contributed by atoms with van der Waals surface area (Å²) in [6.45, 7) is 4.10. The summed E-state index contributed by atoms with van der Waals surface area (Å²) in [4.78, 5) is 17.9. The van der Waals surface area contributed by atoms with Crippen molar-refractivity contribution in [2.75, 3.05) is 16.4 Å². The van der Waals surface area contributed by atoms with E-state index in [4.69, 9.17) is 5.73 Å². The lowest BCUT2D eigenvalue weighted by Gasteiger charge is -2.09. The quantitative estimate of drug-likeness (QED) is 0.359. The molecule has 2 aromatic carbocycles. The molecule has 4 N–H and O–H groups in total. The summed E-state index contributed by atoms with van der Waals surface area (Å²) in [5.41, 5.74) is 11.0. The Morgan fingerprint density at radius 3 is 1.69 bits per heavy atom. The van der Waals surface area contributed by atoms with Gasteiger partial charge in [0.05, 0.1) is 20.4 Å². The summed E-state index contributed by atoms with van der Waals surface area (Å²) in [5, 5.41) is 7.92. The SMILES string of the molecule is Cc1cccc2sc(Nc3ncnc(Nc4nc5c(C)cccc5s4)c3N)nc12. The van der Waals surface area contributed by atoms with Gasteiger partial charge < -0.3 is 16.4 Å². The number of nitrogens with two attached hydrogens (primary N) is 1. The van der Waals surface area contributed by atoms with E-state index in [1.54, 1.807) is 22.7 Å². The number of nitrogens with zero attached hydrogens (tertiary/aromatic N) is 4. The van der Waals surface area contributed by atoms with Gasteiger partial charge in [0, 0.05) is 0 Å². The molecule has 9 heteroatoms. The maximum Gasteiger partial charge on any atom is 0.189 e. The highest BCUT2D eigenvalue weighted by Crippen LogP contribution is 2.34. The van der Waals surface area contributed by atoms with E-state index in [2.05, 4.69) is 42.7 Å². The van der Waals surface area contributed by atoms with Gasteiger partial charge >= 0.3 is 0 Å². The van der Waals surface area contributed by atoms with E-state index < -0.39 is 0 Å². The number of benzene rings is 2. The van der Waals surface area contributed by atoms with Crippen LogP contribution in [0.1, 0.15) is 11.1 Å². The second-order valence-corrected chi connectivity index (χ2v) is 8.68. The maximum absolute atomic E-state index is 6.33. The van der Waals surface area contributed by atoms with Gasteiger partial charge in [-0.3, -0.25) is 0 Å². The number of hydrogen-bond acceptors (Lipinski definition) is 9. The molecule has 0 radical (unpaired) electrons. The smallest absolute Gasteiger partial charge is 0.189 e. The molecule has 144 valence electrons. The predicted molar refractivity (Wildman–Crippen MR) is 122 cm³/mol. The Hall–Kier alpha value is -3.30. The summed E-state index contributed by atoms with van der Waals surface area (Å²) < 4.78 is 2.23. The third-order valence-electron chi connectivity index (χ3n) is 4.58. The number of aromatic nitrogens is 4. The lowest BCUT2D eigenvalue weighted by molar-refractivity contribution is 1.17. The maximum atomic E-state index is 6.33. The van der Waals surface area contributed by atoms with Crippen LogP contribution in [-0.2, 0) is 0 Å². The molecule has 3 aromatic heterocycles. The van der Waals surface area contributed by atoms with Gasteiger partial charge in [0.1, 0.15) is 12.0 Å². The Morgan fingerprint density at radius 1 is 0.759 bits per heavy atom. The van der Waals surface area contributed by atoms with E-state index in [9.17, 15) is 0 Å². The molecule has 0 aliphatic heterocycles. The van der Waals surface area contributed by atoms with Gasteiger partial charge in [0.15, 0.2) is 21.9 Å². The van der Waals surface area contributed by atoms with E-state index in [1.807, 2.05) is 38.1 Å². The summed E-state index contributed by atoms with van der Waals surface area (Å²) in [5.74, 6) is 1.02. The second kappa shape index (κ2) is 6.94. The number of rotatable bonds is 4. The number of nitrogen functional groups attached to an aromatic ring is 1. The Morgan fingerprint density at radius 2 is 1.24 bits per heavy atom. The Kier molecular flexibility index (Phi) is 4.26. The molecule has 29 heavy (non-hydrogen) atoms. The molecule has 0 amide bonds. The number of anilines is 5. The largest absolute Gasteiger partial charge is 0.393 e. The van der Waals surface area contributed by atoms with Crippen molar-refractivity contribution in [3.63, 3.8) is 0 Å². The number of thiazole rings is 2. The van der Waals surface area contributed by atoms with Crippen molar-refractivity contribution in [2.45, 2.75) is 13.8 Å². The van der Waals surface area contributed by atoms with Crippen LogP contribution in [0.25, 0.3) is 20.4 Å². The summed E-state index contributed by atoms with van der Waals surface area (Å²) in [7, 11) is 0. The fraction of sp³-hybridized carbons (Fsp3) is 0.100. The first-order valence-corrected chi connectivity index (χ1v) is 10.6. The van der Waals surface area contributed by atoms with Gasteiger partial charge in [-0.1, -0.05) is 46.9 Å². The first-order chi connectivity index (χ1) is 14.1. The number of para-hydroxylation sites is 2. The summed E-state index contributed by atoms with van der Waals surface area (Å²) >= 11 is 3.12. The summed E-state index contributed by atoms with van der Waals surface area (Å²) in [6, 6.07) is 12.3. The molecule has 0 aliphatic rings. The minimum atomic E-state index is 0.416. The molecule has 0 aliphatic carbocycles. The topological polar surface area (TPSA) is 102 Å². The van der Waals surface area contributed by atoms with E-state index in [1.165, 1.54) is 6.33 Å². The first-order valence-electron chi connectivity index (χ1n) is 8.95. The molecule has 0 saturated carbocycles.